The number of unbranched alkanes of at least 4 members (excludes halogenated alkanes) is 14. The lowest BCUT2D eigenvalue weighted by Crippen LogP contribution is -2.14. The second-order valence-corrected chi connectivity index (χ2v) is 9.92. The van der Waals surface area contributed by atoms with Crippen molar-refractivity contribution in [2.24, 2.45) is 0 Å². The van der Waals surface area contributed by atoms with Gasteiger partial charge in [0, 0.05) is 6.42 Å². The van der Waals surface area contributed by atoms with Crippen LogP contribution in [-0.2, 0) is 23.7 Å². The monoisotopic (exact) mass is 536 g/mol. The van der Waals surface area contributed by atoms with E-state index < -0.39 is 0 Å². The van der Waals surface area contributed by atoms with Gasteiger partial charge in [-0.2, -0.15) is 0 Å². The number of carbonyl (C=O) groups excluding carboxylic acids is 1. The Morgan fingerprint density at radius 1 is 0.526 bits per heavy atom. The molecule has 1 aromatic carbocycles. The molecule has 0 radical (unpaired) electrons. The zero-order chi connectivity index (χ0) is 27.2. The summed E-state index contributed by atoms with van der Waals surface area (Å²) < 4.78 is 27.2. The maximum Gasteiger partial charge on any atom is 0.305 e. The first-order chi connectivity index (χ1) is 18.8. The summed E-state index contributed by atoms with van der Waals surface area (Å²) in [5.74, 6) is 0.730. The van der Waals surface area contributed by atoms with Crippen molar-refractivity contribution < 1.29 is 28.5 Å². The van der Waals surface area contributed by atoms with Crippen LogP contribution in [0.15, 0.2) is 30.3 Å². The van der Waals surface area contributed by atoms with Crippen LogP contribution in [0.5, 0.6) is 5.75 Å². The molecule has 38 heavy (non-hydrogen) atoms. The molecule has 6 nitrogen and oxygen atoms in total. The quantitative estimate of drug-likeness (QED) is 0.0765. The van der Waals surface area contributed by atoms with Crippen molar-refractivity contribution in [2.75, 3.05) is 52.9 Å². The Morgan fingerprint density at radius 2 is 0.947 bits per heavy atom. The minimum atomic E-state index is -0.118. The van der Waals surface area contributed by atoms with Gasteiger partial charge in [0.15, 0.2) is 0 Å². The van der Waals surface area contributed by atoms with Gasteiger partial charge >= 0.3 is 5.97 Å². The van der Waals surface area contributed by atoms with Crippen LogP contribution >= 0.6 is 0 Å². The van der Waals surface area contributed by atoms with Crippen LogP contribution in [0, 0.1) is 0 Å². The van der Waals surface area contributed by atoms with Gasteiger partial charge in [-0.25, -0.2) is 0 Å². The predicted octanol–water partition coefficient (Wildman–Crippen LogP) is 7.92. The highest BCUT2D eigenvalue weighted by Gasteiger charge is 2.03. The Morgan fingerprint density at radius 3 is 1.45 bits per heavy atom. The van der Waals surface area contributed by atoms with Gasteiger partial charge in [0.1, 0.15) is 19.0 Å². The number of rotatable bonds is 29. The van der Waals surface area contributed by atoms with Crippen molar-refractivity contribution in [2.45, 2.75) is 110 Å². The third kappa shape index (κ3) is 24.7. The van der Waals surface area contributed by atoms with Gasteiger partial charge in [0.05, 0.1) is 39.6 Å². The maximum absolute atomic E-state index is 11.8. The van der Waals surface area contributed by atoms with Crippen molar-refractivity contribution >= 4 is 5.97 Å². The van der Waals surface area contributed by atoms with Crippen molar-refractivity contribution in [3.05, 3.63) is 30.3 Å². The number of hydrogen-bond acceptors (Lipinski definition) is 6. The van der Waals surface area contributed by atoms with Crippen molar-refractivity contribution in [3.63, 3.8) is 0 Å². The Hall–Kier alpha value is -1.63. The topological polar surface area (TPSA) is 63.2 Å². The van der Waals surface area contributed by atoms with E-state index in [4.69, 9.17) is 23.7 Å². The normalized spacial score (nSPS) is 11.1. The molecule has 0 heterocycles. The zero-order valence-electron chi connectivity index (χ0n) is 24.3. The summed E-state index contributed by atoms with van der Waals surface area (Å²) in [5, 5.41) is 0. The molecule has 0 unspecified atom stereocenters. The Balaban J connectivity index is 1.69. The van der Waals surface area contributed by atoms with E-state index >= 15 is 0 Å². The molecular weight excluding hydrogens is 480 g/mol. The highest BCUT2D eigenvalue weighted by molar-refractivity contribution is 5.69. The van der Waals surface area contributed by atoms with Crippen LogP contribution in [0.4, 0.5) is 0 Å². The van der Waals surface area contributed by atoms with Gasteiger partial charge in [-0.3, -0.25) is 4.79 Å². The summed E-state index contributed by atoms with van der Waals surface area (Å²) in [6.07, 6.45) is 20.4. The van der Waals surface area contributed by atoms with Crippen LogP contribution in [0.2, 0.25) is 0 Å². The number of carbonyl (C=O) groups is 1. The summed E-state index contributed by atoms with van der Waals surface area (Å²) in [6, 6.07) is 9.69. The van der Waals surface area contributed by atoms with Crippen LogP contribution in [0.25, 0.3) is 0 Å². The van der Waals surface area contributed by atoms with E-state index in [0.29, 0.717) is 59.3 Å². The SMILES string of the molecule is CCCCCCCCCCCCCCCCCC(=O)OCCOCCOCCOCCOc1ccccc1. The van der Waals surface area contributed by atoms with Gasteiger partial charge in [-0.1, -0.05) is 115 Å². The smallest absolute Gasteiger partial charge is 0.305 e. The lowest BCUT2D eigenvalue weighted by Gasteiger charge is -2.08. The summed E-state index contributed by atoms with van der Waals surface area (Å²) in [6.45, 7) is 6.05. The summed E-state index contributed by atoms with van der Waals surface area (Å²) in [7, 11) is 0. The maximum atomic E-state index is 11.8. The highest BCUT2D eigenvalue weighted by Crippen LogP contribution is 2.14. The molecule has 1 rings (SSSR count). The number of para-hydroxylation sites is 1. The van der Waals surface area contributed by atoms with Crippen LogP contribution < -0.4 is 4.74 Å². The molecule has 0 bridgehead atoms. The molecule has 0 saturated carbocycles. The van der Waals surface area contributed by atoms with E-state index in [0.717, 1.165) is 18.6 Å². The van der Waals surface area contributed by atoms with E-state index in [1.807, 2.05) is 30.3 Å². The number of esters is 1. The van der Waals surface area contributed by atoms with Gasteiger partial charge in [-0.05, 0) is 18.6 Å². The summed E-state index contributed by atoms with van der Waals surface area (Å²) >= 11 is 0. The van der Waals surface area contributed by atoms with Gasteiger partial charge in [-0.15, -0.1) is 0 Å². The molecule has 0 N–H and O–H groups in total. The summed E-state index contributed by atoms with van der Waals surface area (Å²) in [4.78, 5) is 11.8. The standard InChI is InChI=1S/C32H56O6/c1-2-3-4-5-6-7-8-9-10-11-12-13-14-15-19-22-32(33)38-30-28-36-26-24-34-23-25-35-27-29-37-31-20-17-16-18-21-31/h16-18,20-21H,2-15,19,22-30H2,1H3. The molecule has 6 heteroatoms. The van der Waals surface area contributed by atoms with E-state index in [1.165, 1.54) is 83.5 Å². The first kappa shape index (κ1) is 34.4. The fraction of sp³-hybridized carbons (Fsp3) is 0.781. The molecule has 0 aliphatic carbocycles. The first-order valence-corrected chi connectivity index (χ1v) is 15.4. The fourth-order valence-electron chi connectivity index (χ4n) is 4.20. The van der Waals surface area contributed by atoms with Crippen molar-refractivity contribution in [1.82, 2.24) is 0 Å². The zero-order valence-corrected chi connectivity index (χ0v) is 24.3. The first-order valence-electron chi connectivity index (χ1n) is 15.4. The molecule has 220 valence electrons. The van der Waals surface area contributed by atoms with Gasteiger partial charge < -0.3 is 23.7 Å². The molecule has 0 aliphatic rings. The Labute approximate surface area is 233 Å². The second kappa shape index (κ2) is 28.4. The van der Waals surface area contributed by atoms with E-state index in [1.54, 1.807) is 0 Å². The minimum absolute atomic E-state index is 0.118. The van der Waals surface area contributed by atoms with Gasteiger partial charge in [0.2, 0.25) is 0 Å². The highest BCUT2D eigenvalue weighted by atomic mass is 16.6. The lowest BCUT2D eigenvalue weighted by molar-refractivity contribution is -0.145. The fourth-order valence-corrected chi connectivity index (χ4v) is 4.20. The molecule has 0 fully saturated rings. The lowest BCUT2D eigenvalue weighted by atomic mass is 10.0. The summed E-state index contributed by atoms with van der Waals surface area (Å²) in [5.41, 5.74) is 0. The Bertz CT molecular complexity index is 609. The van der Waals surface area contributed by atoms with E-state index in [9.17, 15) is 4.79 Å². The van der Waals surface area contributed by atoms with Crippen LogP contribution in [-0.4, -0.2) is 58.8 Å². The van der Waals surface area contributed by atoms with Crippen molar-refractivity contribution in [3.8, 4) is 5.75 Å². The van der Waals surface area contributed by atoms with E-state index in [-0.39, 0.29) is 5.97 Å². The number of ether oxygens (including phenoxy) is 5. The molecule has 0 amide bonds. The largest absolute Gasteiger partial charge is 0.491 e. The molecular formula is C32H56O6. The average molecular weight is 537 g/mol. The van der Waals surface area contributed by atoms with Crippen LogP contribution in [0.3, 0.4) is 0 Å². The molecule has 0 atom stereocenters. The molecule has 0 spiro atoms. The average Bonchev–Trinajstić information content (AvgIpc) is 2.94. The third-order valence-electron chi connectivity index (χ3n) is 6.46. The molecule has 0 aromatic heterocycles. The molecule has 1 aromatic rings. The minimum Gasteiger partial charge on any atom is -0.491 e. The van der Waals surface area contributed by atoms with E-state index in [2.05, 4.69) is 6.92 Å². The Kier molecular flexibility index (Phi) is 25.7. The molecule has 0 aliphatic heterocycles. The third-order valence-corrected chi connectivity index (χ3v) is 6.46. The number of benzene rings is 1. The molecule has 0 saturated heterocycles. The van der Waals surface area contributed by atoms with Gasteiger partial charge in [0.25, 0.3) is 0 Å². The predicted molar refractivity (Wildman–Crippen MR) is 155 cm³/mol. The van der Waals surface area contributed by atoms with Crippen LogP contribution in [0.1, 0.15) is 110 Å². The van der Waals surface area contributed by atoms with Crippen molar-refractivity contribution in [1.29, 1.82) is 0 Å². The number of hydrogen-bond donors (Lipinski definition) is 0. The second-order valence-electron chi connectivity index (χ2n) is 9.92.